The van der Waals surface area contributed by atoms with Gasteiger partial charge in [-0.15, -0.1) is 11.3 Å². The molecule has 3 heterocycles. The molecule has 3 rings (SSSR count). The second-order valence-corrected chi connectivity index (χ2v) is 7.61. The van der Waals surface area contributed by atoms with E-state index in [0.29, 0.717) is 0 Å². The molecule has 0 bridgehead atoms. The third-order valence-electron chi connectivity index (χ3n) is 3.84. The Hall–Kier alpha value is -1.60. The number of pyridine rings is 1. The molecule has 1 aliphatic heterocycles. The molecule has 122 valence electrons. The number of nitrogens with zero attached hydrogens (tertiary/aromatic N) is 4. The maximum Gasteiger partial charge on any atom is 0.194 e. The number of hydrogen-bond donors (Lipinski definition) is 1. The number of halogens is 1. The number of thiophene rings is 1. The normalized spacial score (nSPS) is 15.8. The molecule has 0 radical (unpaired) electrons. The zero-order chi connectivity index (χ0) is 16.1. The van der Waals surface area contributed by atoms with Gasteiger partial charge in [-0.05, 0) is 45.1 Å². The van der Waals surface area contributed by atoms with Gasteiger partial charge in [-0.1, -0.05) is 6.07 Å². The van der Waals surface area contributed by atoms with Gasteiger partial charge in [-0.25, -0.2) is 4.98 Å². The zero-order valence-corrected chi connectivity index (χ0v) is 15.5. The average Bonchev–Trinajstić information content (AvgIpc) is 3.02. The SMILES string of the molecule is CN=C(NCc1csc(Br)c1)N1CCN(c2ccccn2)CC1. The molecule has 2 aromatic heterocycles. The Balaban J connectivity index is 1.53. The van der Waals surface area contributed by atoms with E-state index in [9.17, 15) is 0 Å². The van der Waals surface area contributed by atoms with E-state index in [4.69, 9.17) is 0 Å². The largest absolute Gasteiger partial charge is 0.353 e. The quantitative estimate of drug-likeness (QED) is 0.642. The first-order valence-corrected chi connectivity index (χ1v) is 9.28. The Morgan fingerprint density at radius 2 is 2.17 bits per heavy atom. The summed E-state index contributed by atoms with van der Waals surface area (Å²) in [6.45, 7) is 4.62. The fourth-order valence-electron chi connectivity index (χ4n) is 2.64. The van der Waals surface area contributed by atoms with Crippen molar-refractivity contribution in [2.75, 3.05) is 38.1 Å². The number of aromatic nitrogens is 1. The van der Waals surface area contributed by atoms with Gasteiger partial charge in [-0.2, -0.15) is 0 Å². The van der Waals surface area contributed by atoms with Crippen molar-refractivity contribution in [3.8, 4) is 0 Å². The van der Waals surface area contributed by atoms with Gasteiger partial charge in [0.25, 0.3) is 0 Å². The molecule has 1 fully saturated rings. The highest BCUT2D eigenvalue weighted by Gasteiger charge is 2.20. The van der Waals surface area contributed by atoms with Crippen LogP contribution in [0.25, 0.3) is 0 Å². The van der Waals surface area contributed by atoms with Crippen molar-refractivity contribution in [2.45, 2.75) is 6.54 Å². The predicted octanol–water partition coefficient (Wildman–Crippen LogP) is 2.80. The second kappa shape index (κ2) is 7.79. The number of rotatable bonds is 3. The van der Waals surface area contributed by atoms with E-state index in [2.05, 4.69) is 58.5 Å². The van der Waals surface area contributed by atoms with Gasteiger partial charge in [-0.3, -0.25) is 4.99 Å². The van der Waals surface area contributed by atoms with Crippen molar-refractivity contribution in [1.29, 1.82) is 0 Å². The lowest BCUT2D eigenvalue weighted by atomic mass is 10.3. The van der Waals surface area contributed by atoms with Crippen LogP contribution >= 0.6 is 27.3 Å². The average molecular weight is 394 g/mol. The Kier molecular flexibility index (Phi) is 5.51. The summed E-state index contributed by atoms with van der Waals surface area (Å²) in [7, 11) is 1.84. The van der Waals surface area contributed by atoms with Crippen molar-refractivity contribution >= 4 is 39.0 Å². The Labute approximate surface area is 149 Å². The molecular weight excluding hydrogens is 374 g/mol. The minimum atomic E-state index is 0.801. The number of aliphatic imine (C=N–C) groups is 1. The molecule has 0 atom stereocenters. The van der Waals surface area contributed by atoms with Gasteiger partial charge in [0, 0.05) is 46.0 Å². The molecule has 1 saturated heterocycles. The van der Waals surface area contributed by atoms with Crippen LogP contribution in [0.3, 0.4) is 0 Å². The highest BCUT2D eigenvalue weighted by Crippen LogP contribution is 2.20. The molecule has 1 N–H and O–H groups in total. The van der Waals surface area contributed by atoms with Crippen molar-refractivity contribution < 1.29 is 0 Å². The number of nitrogens with one attached hydrogen (secondary N) is 1. The summed E-state index contributed by atoms with van der Waals surface area (Å²) >= 11 is 5.21. The molecule has 23 heavy (non-hydrogen) atoms. The number of guanidine groups is 1. The number of anilines is 1. The lowest BCUT2D eigenvalue weighted by Crippen LogP contribution is -2.52. The van der Waals surface area contributed by atoms with Crippen molar-refractivity contribution in [2.24, 2.45) is 4.99 Å². The van der Waals surface area contributed by atoms with E-state index in [1.807, 2.05) is 25.4 Å². The molecule has 0 aliphatic carbocycles. The van der Waals surface area contributed by atoms with Crippen LogP contribution in [-0.2, 0) is 6.54 Å². The molecule has 5 nitrogen and oxygen atoms in total. The van der Waals surface area contributed by atoms with E-state index in [0.717, 1.165) is 48.3 Å². The summed E-state index contributed by atoms with van der Waals surface area (Å²) in [5, 5.41) is 5.61. The molecule has 0 unspecified atom stereocenters. The molecule has 0 spiro atoms. The Bertz CT molecular complexity index is 650. The maximum atomic E-state index is 4.43. The zero-order valence-electron chi connectivity index (χ0n) is 13.1. The van der Waals surface area contributed by atoms with Gasteiger partial charge >= 0.3 is 0 Å². The van der Waals surface area contributed by atoms with Crippen LogP contribution in [-0.4, -0.2) is 49.1 Å². The molecule has 7 heteroatoms. The molecule has 2 aromatic rings. The standard InChI is InChI=1S/C16H20BrN5S/c1-18-16(20-11-13-10-14(17)23-12-13)22-8-6-21(7-9-22)15-4-2-3-5-19-15/h2-5,10,12H,6-9,11H2,1H3,(H,18,20). The maximum absolute atomic E-state index is 4.43. The van der Waals surface area contributed by atoms with E-state index in [-0.39, 0.29) is 0 Å². The first-order valence-electron chi connectivity index (χ1n) is 7.61. The van der Waals surface area contributed by atoms with Crippen molar-refractivity contribution in [3.05, 3.63) is 45.2 Å². The van der Waals surface area contributed by atoms with Gasteiger partial charge < -0.3 is 15.1 Å². The lowest BCUT2D eigenvalue weighted by Gasteiger charge is -2.37. The third-order valence-corrected chi connectivity index (χ3v) is 5.39. The number of hydrogen-bond acceptors (Lipinski definition) is 4. The van der Waals surface area contributed by atoms with E-state index < -0.39 is 0 Å². The van der Waals surface area contributed by atoms with Gasteiger partial charge in [0.05, 0.1) is 3.79 Å². The van der Waals surface area contributed by atoms with E-state index in [1.54, 1.807) is 11.3 Å². The lowest BCUT2D eigenvalue weighted by molar-refractivity contribution is 0.371. The van der Waals surface area contributed by atoms with Gasteiger partial charge in [0.2, 0.25) is 0 Å². The highest BCUT2D eigenvalue weighted by atomic mass is 79.9. The summed E-state index contributed by atoms with van der Waals surface area (Å²) in [5.74, 6) is 2.02. The Morgan fingerprint density at radius 3 is 2.78 bits per heavy atom. The predicted molar refractivity (Wildman–Crippen MR) is 100 cm³/mol. The fourth-order valence-corrected chi connectivity index (χ4v) is 3.85. The fraction of sp³-hybridized carbons (Fsp3) is 0.375. The molecule has 0 amide bonds. The summed E-state index contributed by atoms with van der Waals surface area (Å²) in [6.07, 6.45) is 1.85. The van der Waals surface area contributed by atoms with Gasteiger partial charge in [0.15, 0.2) is 5.96 Å². The first kappa shape index (κ1) is 16.3. The smallest absolute Gasteiger partial charge is 0.194 e. The van der Waals surface area contributed by atoms with Crippen LogP contribution in [0.5, 0.6) is 0 Å². The van der Waals surface area contributed by atoms with Gasteiger partial charge in [0.1, 0.15) is 5.82 Å². The first-order chi connectivity index (χ1) is 11.3. The summed E-state index contributed by atoms with van der Waals surface area (Å²) in [4.78, 5) is 13.5. The van der Waals surface area contributed by atoms with Crippen molar-refractivity contribution in [1.82, 2.24) is 15.2 Å². The van der Waals surface area contributed by atoms with Crippen molar-refractivity contribution in [3.63, 3.8) is 0 Å². The highest BCUT2D eigenvalue weighted by molar-refractivity contribution is 9.11. The van der Waals surface area contributed by atoms with Crippen LogP contribution in [0.15, 0.2) is 44.6 Å². The Morgan fingerprint density at radius 1 is 1.35 bits per heavy atom. The van der Waals surface area contributed by atoms with E-state index in [1.165, 1.54) is 5.56 Å². The summed E-state index contributed by atoms with van der Waals surface area (Å²) in [6, 6.07) is 8.20. The van der Waals surface area contributed by atoms with Crippen LogP contribution in [0, 0.1) is 0 Å². The van der Waals surface area contributed by atoms with Crippen LogP contribution in [0.4, 0.5) is 5.82 Å². The summed E-state index contributed by atoms with van der Waals surface area (Å²) in [5.41, 5.74) is 1.27. The molecule has 1 aliphatic rings. The molecule has 0 aromatic carbocycles. The van der Waals surface area contributed by atoms with Crippen LogP contribution < -0.4 is 10.2 Å². The minimum Gasteiger partial charge on any atom is -0.353 e. The van der Waals surface area contributed by atoms with Crippen LogP contribution in [0.1, 0.15) is 5.56 Å². The third kappa shape index (κ3) is 4.23. The second-order valence-electron chi connectivity index (χ2n) is 5.32. The summed E-state index contributed by atoms with van der Waals surface area (Å²) < 4.78 is 1.16. The monoisotopic (exact) mass is 393 g/mol. The van der Waals surface area contributed by atoms with E-state index >= 15 is 0 Å². The topological polar surface area (TPSA) is 43.8 Å². The molecular formula is C16H20BrN5S. The molecule has 0 saturated carbocycles. The number of piperazine rings is 1. The van der Waals surface area contributed by atoms with Crippen LogP contribution in [0.2, 0.25) is 0 Å². The minimum absolute atomic E-state index is 0.801.